The van der Waals surface area contributed by atoms with Gasteiger partial charge in [0.2, 0.25) is 0 Å². The van der Waals surface area contributed by atoms with Gasteiger partial charge in [0, 0.05) is 23.3 Å². The number of hydrogen-bond donors (Lipinski definition) is 1. The van der Waals surface area contributed by atoms with E-state index in [9.17, 15) is 0 Å². The van der Waals surface area contributed by atoms with Crippen LogP contribution in [0.1, 0.15) is 18.4 Å². The molecule has 3 aliphatic heterocycles. The van der Waals surface area contributed by atoms with Crippen LogP contribution in [0.25, 0.3) is 0 Å². The number of nitrogens with one attached hydrogen (secondary N) is 1. The Hall–Kier alpha value is -0.610. The highest BCUT2D eigenvalue weighted by atomic mass is 79.9. The number of piperidine rings is 3. The summed E-state index contributed by atoms with van der Waals surface area (Å²) in [4.78, 5) is 7.04. The molecule has 0 radical (unpaired) electrons. The first-order valence-electron chi connectivity index (χ1n) is 6.33. The fraction of sp³-hybridized carbons (Fsp3) is 0.615. The van der Waals surface area contributed by atoms with Gasteiger partial charge in [0.25, 0.3) is 0 Å². The van der Waals surface area contributed by atoms with Crippen LogP contribution in [0.5, 0.6) is 0 Å². The van der Waals surface area contributed by atoms with E-state index >= 15 is 0 Å². The minimum absolute atomic E-state index is 0.588. The maximum Gasteiger partial charge on any atom is 0.129 e. The monoisotopic (exact) mass is 295 g/mol. The molecular weight excluding hydrogens is 278 g/mol. The zero-order valence-electron chi connectivity index (χ0n) is 10.1. The molecule has 3 fully saturated rings. The maximum absolute atomic E-state index is 4.48. The Bertz CT molecular complexity index is 413. The molecule has 1 atom stereocenters. The van der Waals surface area contributed by atoms with Gasteiger partial charge in [-0.1, -0.05) is 0 Å². The lowest BCUT2D eigenvalue weighted by Gasteiger charge is -2.45. The van der Waals surface area contributed by atoms with E-state index < -0.39 is 0 Å². The summed E-state index contributed by atoms with van der Waals surface area (Å²) in [7, 11) is 0. The van der Waals surface area contributed by atoms with Gasteiger partial charge in [-0.2, -0.15) is 0 Å². The second-order valence-corrected chi connectivity index (χ2v) is 6.12. The number of anilines is 1. The first kappa shape index (κ1) is 11.5. The van der Waals surface area contributed by atoms with Crippen LogP contribution in [0.15, 0.2) is 16.7 Å². The molecule has 17 heavy (non-hydrogen) atoms. The summed E-state index contributed by atoms with van der Waals surface area (Å²) in [5.74, 6) is 1.89. The summed E-state index contributed by atoms with van der Waals surface area (Å²) in [5.41, 5.74) is 1.22. The summed E-state index contributed by atoms with van der Waals surface area (Å²) < 4.78 is 1.05. The average Bonchev–Trinajstić information content (AvgIpc) is 2.34. The third-order valence-corrected chi connectivity index (χ3v) is 4.46. The van der Waals surface area contributed by atoms with Crippen molar-refractivity contribution in [3.05, 3.63) is 22.3 Å². The van der Waals surface area contributed by atoms with Crippen LogP contribution in [0.4, 0.5) is 5.82 Å². The first-order valence-corrected chi connectivity index (χ1v) is 7.13. The summed E-state index contributed by atoms with van der Waals surface area (Å²) >= 11 is 3.46. The molecule has 1 aromatic heterocycles. The Balaban J connectivity index is 1.74. The predicted molar refractivity (Wildman–Crippen MR) is 73.2 cm³/mol. The average molecular weight is 296 g/mol. The molecule has 0 saturated carbocycles. The molecule has 3 saturated heterocycles. The molecule has 4 heteroatoms. The SMILES string of the molecule is Cc1cc(Br)cnc1NC1CN2CCC1CC2. The molecule has 0 aliphatic carbocycles. The molecule has 1 unspecified atom stereocenters. The maximum atomic E-state index is 4.48. The minimum Gasteiger partial charge on any atom is -0.366 e. The highest BCUT2D eigenvalue weighted by molar-refractivity contribution is 9.10. The van der Waals surface area contributed by atoms with Gasteiger partial charge in [-0.25, -0.2) is 4.98 Å². The quantitative estimate of drug-likeness (QED) is 0.909. The van der Waals surface area contributed by atoms with Crippen LogP contribution in [-0.2, 0) is 0 Å². The van der Waals surface area contributed by atoms with E-state index in [1.807, 2.05) is 6.20 Å². The topological polar surface area (TPSA) is 28.2 Å². The Morgan fingerprint density at radius 3 is 2.76 bits per heavy atom. The van der Waals surface area contributed by atoms with E-state index in [0.29, 0.717) is 6.04 Å². The van der Waals surface area contributed by atoms with Crippen LogP contribution >= 0.6 is 15.9 Å². The molecule has 1 N–H and O–H groups in total. The van der Waals surface area contributed by atoms with Crippen LogP contribution in [0.3, 0.4) is 0 Å². The minimum atomic E-state index is 0.588. The lowest BCUT2D eigenvalue weighted by molar-refractivity contribution is 0.0973. The van der Waals surface area contributed by atoms with Gasteiger partial charge in [-0.15, -0.1) is 0 Å². The lowest BCUT2D eigenvalue weighted by Crippen LogP contribution is -2.53. The Kier molecular flexibility index (Phi) is 3.09. The van der Waals surface area contributed by atoms with E-state index in [-0.39, 0.29) is 0 Å². The fourth-order valence-electron chi connectivity index (χ4n) is 3.00. The molecule has 2 bridgehead atoms. The number of aryl methyl sites for hydroxylation is 1. The van der Waals surface area contributed by atoms with Crippen molar-refractivity contribution in [2.75, 3.05) is 25.0 Å². The molecule has 3 nitrogen and oxygen atoms in total. The summed E-state index contributed by atoms with van der Waals surface area (Å²) in [5, 5.41) is 3.63. The largest absolute Gasteiger partial charge is 0.366 e. The molecule has 0 amide bonds. The summed E-state index contributed by atoms with van der Waals surface area (Å²) in [6, 6.07) is 2.71. The number of rotatable bonds is 2. The lowest BCUT2D eigenvalue weighted by atomic mass is 9.84. The second kappa shape index (κ2) is 4.58. The van der Waals surface area contributed by atoms with E-state index in [2.05, 4.69) is 44.1 Å². The molecule has 0 aromatic carbocycles. The van der Waals surface area contributed by atoms with Crippen LogP contribution in [0, 0.1) is 12.8 Å². The number of halogens is 1. The highest BCUT2D eigenvalue weighted by Crippen LogP contribution is 2.30. The molecule has 4 heterocycles. The molecule has 92 valence electrons. The van der Waals surface area contributed by atoms with Crippen molar-refractivity contribution in [3.8, 4) is 0 Å². The highest BCUT2D eigenvalue weighted by Gasteiger charge is 2.34. The smallest absolute Gasteiger partial charge is 0.129 e. The second-order valence-electron chi connectivity index (χ2n) is 5.21. The standard InChI is InChI=1S/C13H18BrN3/c1-9-6-11(14)7-15-13(9)16-12-8-17-4-2-10(12)3-5-17/h6-7,10,12H,2-5,8H2,1H3,(H,15,16). The Labute approximate surface area is 111 Å². The molecule has 1 aromatic rings. The van der Waals surface area contributed by atoms with E-state index in [1.54, 1.807) is 0 Å². The van der Waals surface area contributed by atoms with Gasteiger partial charge in [0.1, 0.15) is 5.82 Å². The summed E-state index contributed by atoms with van der Waals surface area (Å²) in [6.07, 6.45) is 4.55. The van der Waals surface area contributed by atoms with Crippen molar-refractivity contribution in [1.29, 1.82) is 0 Å². The summed E-state index contributed by atoms with van der Waals surface area (Å²) in [6.45, 7) is 5.87. The predicted octanol–water partition coefficient (Wildman–Crippen LogP) is 2.66. The van der Waals surface area contributed by atoms with Crippen molar-refractivity contribution < 1.29 is 0 Å². The Morgan fingerprint density at radius 2 is 2.18 bits per heavy atom. The fourth-order valence-corrected chi connectivity index (χ4v) is 3.44. The Morgan fingerprint density at radius 1 is 1.41 bits per heavy atom. The third kappa shape index (κ3) is 2.33. The van der Waals surface area contributed by atoms with Gasteiger partial charge >= 0.3 is 0 Å². The van der Waals surface area contributed by atoms with Crippen molar-refractivity contribution in [2.45, 2.75) is 25.8 Å². The van der Waals surface area contributed by atoms with Gasteiger partial charge in [0.15, 0.2) is 0 Å². The van der Waals surface area contributed by atoms with Gasteiger partial charge in [-0.05, 0) is 66.3 Å². The third-order valence-electron chi connectivity index (χ3n) is 4.02. The van der Waals surface area contributed by atoms with Crippen LogP contribution in [-0.4, -0.2) is 35.6 Å². The molecule has 3 aliphatic rings. The molecule has 0 spiro atoms. The van der Waals surface area contributed by atoms with Gasteiger partial charge in [0.05, 0.1) is 0 Å². The normalized spacial score (nSPS) is 31.5. The van der Waals surface area contributed by atoms with Crippen molar-refractivity contribution in [1.82, 2.24) is 9.88 Å². The first-order chi connectivity index (χ1) is 8.22. The van der Waals surface area contributed by atoms with Crippen molar-refractivity contribution in [2.24, 2.45) is 5.92 Å². The number of pyridine rings is 1. The number of hydrogen-bond acceptors (Lipinski definition) is 3. The zero-order valence-corrected chi connectivity index (χ0v) is 11.7. The van der Waals surface area contributed by atoms with Crippen LogP contribution in [0.2, 0.25) is 0 Å². The van der Waals surface area contributed by atoms with E-state index in [4.69, 9.17) is 0 Å². The number of nitrogens with zero attached hydrogens (tertiary/aromatic N) is 2. The number of aromatic nitrogens is 1. The van der Waals surface area contributed by atoms with E-state index in [0.717, 1.165) is 16.2 Å². The number of fused-ring (bicyclic) bond motifs is 3. The molecular formula is C13H18BrN3. The van der Waals surface area contributed by atoms with Crippen molar-refractivity contribution >= 4 is 21.7 Å². The van der Waals surface area contributed by atoms with Gasteiger partial charge in [-0.3, -0.25) is 0 Å². The van der Waals surface area contributed by atoms with Gasteiger partial charge < -0.3 is 10.2 Å². The molecule has 4 rings (SSSR count). The zero-order chi connectivity index (χ0) is 11.8. The van der Waals surface area contributed by atoms with Crippen molar-refractivity contribution in [3.63, 3.8) is 0 Å². The van der Waals surface area contributed by atoms with Crippen LogP contribution < -0.4 is 5.32 Å². The van der Waals surface area contributed by atoms with E-state index in [1.165, 1.54) is 38.0 Å².